The molecule has 1 aliphatic rings. The molecular weight excluding hydrogens is 510 g/mol. The fourth-order valence-electron chi connectivity index (χ4n) is 3.68. The van der Waals surface area contributed by atoms with E-state index in [0.29, 0.717) is 22.7 Å². The standard InChI is InChI=1S/C28H24ClN3O6/c1-16(2)38-22-7-5-4-6-21(22)31-25(33)17-8-12-19(13-9-17)30-24-23(29)26(34)32(27(24)35)20-14-10-18(11-15-20)28(36)37-3/h4-16,30H,1-3H3,(H,31,33). The van der Waals surface area contributed by atoms with Crippen molar-refractivity contribution in [3.63, 3.8) is 0 Å². The topological polar surface area (TPSA) is 114 Å². The van der Waals surface area contributed by atoms with E-state index in [1.165, 1.54) is 31.4 Å². The van der Waals surface area contributed by atoms with Gasteiger partial charge >= 0.3 is 5.97 Å². The van der Waals surface area contributed by atoms with Gasteiger partial charge in [-0.3, -0.25) is 14.4 Å². The molecule has 3 amide bonds. The number of ether oxygens (including phenoxy) is 2. The van der Waals surface area contributed by atoms with E-state index in [9.17, 15) is 19.2 Å². The van der Waals surface area contributed by atoms with Crippen LogP contribution in [-0.2, 0) is 14.3 Å². The largest absolute Gasteiger partial charge is 0.489 e. The SMILES string of the molecule is COC(=O)c1ccc(N2C(=O)C(Cl)=C(Nc3ccc(C(=O)Nc4ccccc4OC(C)C)cc3)C2=O)cc1. The maximum Gasteiger partial charge on any atom is 0.337 e. The van der Waals surface area contributed by atoms with E-state index in [-0.39, 0.29) is 34.0 Å². The second-order valence-corrected chi connectivity index (χ2v) is 8.87. The van der Waals surface area contributed by atoms with Gasteiger partial charge in [-0.2, -0.15) is 0 Å². The van der Waals surface area contributed by atoms with Gasteiger partial charge in [-0.05, 0) is 74.5 Å². The fourth-order valence-corrected chi connectivity index (χ4v) is 3.89. The maximum atomic E-state index is 13.0. The first-order valence-corrected chi connectivity index (χ1v) is 12.0. The summed E-state index contributed by atoms with van der Waals surface area (Å²) in [4.78, 5) is 51.1. The lowest BCUT2D eigenvalue weighted by molar-refractivity contribution is -0.120. The van der Waals surface area contributed by atoms with Crippen molar-refractivity contribution in [3.05, 3.63) is 94.7 Å². The minimum atomic E-state index is -0.705. The summed E-state index contributed by atoms with van der Waals surface area (Å²) in [5.41, 5.74) is 1.77. The number of hydrogen-bond acceptors (Lipinski definition) is 7. The average Bonchev–Trinajstić information content (AvgIpc) is 3.12. The highest BCUT2D eigenvalue weighted by Crippen LogP contribution is 2.31. The van der Waals surface area contributed by atoms with Crippen molar-refractivity contribution in [1.82, 2.24) is 0 Å². The lowest BCUT2D eigenvalue weighted by atomic mass is 10.1. The van der Waals surface area contributed by atoms with Crippen LogP contribution in [0.3, 0.4) is 0 Å². The van der Waals surface area contributed by atoms with E-state index in [1.54, 1.807) is 42.5 Å². The molecule has 0 saturated heterocycles. The number of halogens is 1. The third-order valence-electron chi connectivity index (χ3n) is 5.49. The van der Waals surface area contributed by atoms with Crippen LogP contribution < -0.4 is 20.3 Å². The van der Waals surface area contributed by atoms with Gasteiger partial charge in [0.2, 0.25) is 0 Å². The van der Waals surface area contributed by atoms with Crippen LogP contribution in [0.2, 0.25) is 0 Å². The van der Waals surface area contributed by atoms with Crippen LogP contribution >= 0.6 is 11.6 Å². The molecule has 0 bridgehead atoms. The molecule has 4 rings (SSSR count). The van der Waals surface area contributed by atoms with E-state index in [4.69, 9.17) is 16.3 Å². The molecule has 0 unspecified atom stereocenters. The molecule has 0 aromatic heterocycles. The number of carbonyl (C=O) groups excluding carboxylic acids is 4. The van der Waals surface area contributed by atoms with E-state index < -0.39 is 17.8 Å². The number of nitrogens with zero attached hydrogens (tertiary/aromatic N) is 1. The van der Waals surface area contributed by atoms with Gasteiger partial charge in [0.05, 0.1) is 30.2 Å². The lowest BCUT2D eigenvalue weighted by Gasteiger charge is -2.16. The molecule has 0 saturated carbocycles. The second kappa shape index (κ2) is 11.2. The molecule has 2 N–H and O–H groups in total. The number of anilines is 3. The summed E-state index contributed by atoms with van der Waals surface area (Å²) >= 11 is 6.20. The lowest BCUT2D eigenvalue weighted by Crippen LogP contribution is -2.32. The minimum Gasteiger partial charge on any atom is -0.489 e. The maximum absolute atomic E-state index is 13.0. The zero-order valence-electron chi connectivity index (χ0n) is 20.8. The summed E-state index contributed by atoms with van der Waals surface area (Å²) in [6, 6.07) is 19.3. The van der Waals surface area contributed by atoms with Crippen LogP contribution in [0.15, 0.2) is 83.5 Å². The molecule has 3 aromatic carbocycles. The van der Waals surface area contributed by atoms with Crippen LogP contribution in [0.4, 0.5) is 17.1 Å². The molecule has 0 atom stereocenters. The average molecular weight is 534 g/mol. The first-order valence-electron chi connectivity index (χ1n) is 11.6. The molecule has 10 heteroatoms. The van der Waals surface area contributed by atoms with Crippen LogP contribution in [0.25, 0.3) is 0 Å². The predicted octanol–water partition coefficient (Wildman–Crippen LogP) is 4.95. The highest BCUT2D eigenvalue weighted by atomic mass is 35.5. The molecule has 3 aromatic rings. The van der Waals surface area contributed by atoms with Crippen molar-refractivity contribution in [2.24, 2.45) is 0 Å². The van der Waals surface area contributed by atoms with Gasteiger partial charge in [-0.25, -0.2) is 9.69 Å². The molecule has 9 nitrogen and oxygen atoms in total. The van der Waals surface area contributed by atoms with Gasteiger partial charge in [0, 0.05) is 11.3 Å². The number of methoxy groups -OCH3 is 1. The summed E-state index contributed by atoms with van der Waals surface area (Å²) in [7, 11) is 1.26. The summed E-state index contributed by atoms with van der Waals surface area (Å²) in [5, 5.41) is 5.42. The third kappa shape index (κ3) is 5.52. The number of carbonyl (C=O) groups is 4. The van der Waals surface area contributed by atoms with Crippen molar-refractivity contribution in [2.75, 3.05) is 22.6 Å². The molecule has 194 valence electrons. The quantitative estimate of drug-likeness (QED) is 0.311. The Labute approximate surface area is 224 Å². The van der Waals surface area contributed by atoms with E-state index in [2.05, 4.69) is 15.4 Å². The Kier molecular flexibility index (Phi) is 7.78. The molecule has 0 radical (unpaired) electrons. The Bertz CT molecular complexity index is 1430. The first-order chi connectivity index (χ1) is 18.2. The Morgan fingerprint density at radius 3 is 2.13 bits per heavy atom. The van der Waals surface area contributed by atoms with Gasteiger partial charge in [-0.15, -0.1) is 0 Å². The second-order valence-electron chi connectivity index (χ2n) is 8.49. The Hall–Kier alpha value is -4.63. The van der Waals surface area contributed by atoms with Crippen molar-refractivity contribution in [2.45, 2.75) is 20.0 Å². The van der Waals surface area contributed by atoms with Gasteiger partial charge in [0.25, 0.3) is 17.7 Å². The van der Waals surface area contributed by atoms with Crippen LogP contribution in [0.1, 0.15) is 34.6 Å². The van der Waals surface area contributed by atoms with Gasteiger partial charge < -0.3 is 20.1 Å². The molecule has 1 aliphatic heterocycles. The smallest absolute Gasteiger partial charge is 0.337 e. The third-order valence-corrected chi connectivity index (χ3v) is 5.84. The molecule has 0 fully saturated rings. The highest BCUT2D eigenvalue weighted by Gasteiger charge is 2.39. The van der Waals surface area contributed by atoms with E-state index in [0.717, 1.165) is 4.90 Å². The van der Waals surface area contributed by atoms with Crippen molar-refractivity contribution in [1.29, 1.82) is 0 Å². The monoisotopic (exact) mass is 533 g/mol. The number of para-hydroxylation sites is 2. The number of amides is 3. The molecule has 0 spiro atoms. The fraction of sp³-hybridized carbons (Fsp3) is 0.143. The molecule has 0 aliphatic carbocycles. The van der Waals surface area contributed by atoms with Crippen LogP contribution in [0.5, 0.6) is 5.75 Å². The van der Waals surface area contributed by atoms with Crippen molar-refractivity contribution < 1.29 is 28.7 Å². The molecule has 38 heavy (non-hydrogen) atoms. The minimum absolute atomic E-state index is 0.0557. The summed E-state index contributed by atoms with van der Waals surface area (Å²) in [6.07, 6.45) is -0.0557. The van der Waals surface area contributed by atoms with Crippen LogP contribution in [-0.4, -0.2) is 36.9 Å². The molecule has 1 heterocycles. The number of imide groups is 1. The van der Waals surface area contributed by atoms with Crippen molar-refractivity contribution >= 4 is 52.4 Å². The Morgan fingerprint density at radius 1 is 0.868 bits per heavy atom. The summed E-state index contributed by atoms with van der Waals surface area (Å²) < 4.78 is 10.4. The number of esters is 1. The van der Waals surface area contributed by atoms with Gasteiger partial charge in [-0.1, -0.05) is 23.7 Å². The van der Waals surface area contributed by atoms with Gasteiger partial charge in [0.15, 0.2) is 0 Å². The Balaban J connectivity index is 1.46. The van der Waals surface area contributed by atoms with Gasteiger partial charge in [0.1, 0.15) is 16.5 Å². The number of hydrogen-bond donors (Lipinski definition) is 2. The number of nitrogens with one attached hydrogen (secondary N) is 2. The predicted molar refractivity (Wildman–Crippen MR) is 143 cm³/mol. The molecular formula is C28H24ClN3O6. The highest BCUT2D eigenvalue weighted by molar-refractivity contribution is 6.53. The van der Waals surface area contributed by atoms with E-state index in [1.807, 2.05) is 19.9 Å². The summed E-state index contributed by atoms with van der Waals surface area (Å²) in [6.45, 7) is 3.79. The van der Waals surface area contributed by atoms with E-state index >= 15 is 0 Å². The zero-order chi connectivity index (χ0) is 27.4. The summed E-state index contributed by atoms with van der Waals surface area (Å²) in [5.74, 6) is -1.69. The number of benzene rings is 3. The normalized spacial score (nSPS) is 13.1. The Morgan fingerprint density at radius 2 is 1.50 bits per heavy atom. The first kappa shape index (κ1) is 26.4. The van der Waals surface area contributed by atoms with Crippen LogP contribution in [0, 0.1) is 0 Å². The van der Waals surface area contributed by atoms with Crippen molar-refractivity contribution in [3.8, 4) is 5.75 Å². The number of rotatable bonds is 8. The zero-order valence-corrected chi connectivity index (χ0v) is 21.5.